The maximum absolute atomic E-state index is 12.1. The lowest BCUT2D eigenvalue weighted by atomic mass is 10.1. The molecule has 0 aliphatic rings. The normalized spacial score (nSPS) is 11.8. The van der Waals surface area contributed by atoms with Gasteiger partial charge in [-0.2, -0.15) is 0 Å². The monoisotopic (exact) mass is 692 g/mol. The van der Waals surface area contributed by atoms with E-state index in [1.807, 2.05) is 91.0 Å². The van der Waals surface area contributed by atoms with Gasteiger partial charge in [0.25, 0.3) is 0 Å². The zero-order valence-electron chi connectivity index (χ0n) is 22.8. The maximum Gasteiger partial charge on any atom is 0.223 e. The number of hydrogen-bond acceptors (Lipinski definition) is 6. The van der Waals surface area contributed by atoms with Crippen molar-refractivity contribution in [1.82, 2.24) is 19.9 Å². The second-order valence-electron chi connectivity index (χ2n) is 9.45. The molecule has 4 aromatic carbocycles. The van der Waals surface area contributed by atoms with Gasteiger partial charge in [-0.25, -0.2) is 19.9 Å². The lowest BCUT2D eigenvalue weighted by molar-refractivity contribution is 0.687. The first kappa shape index (κ1) is 30.6. The Labute approximate surface area is 280 Å². The van der Waals surface area contributed by atoms with Crippen LogP contribution in [0.25, 0.3) is 54.1 Å². The summed E-state index contributed by atoms with van der Waals surface area (Å²) in [5.41, 5.74) is 5.65. The lowest BCUT2D eigenvalue weighted by Gasteiger charge is -2.10. The van der Waals surface area contributed by atoms with Gasteiger partial charge in [-0.05, 0) is 41.4 Å². The van der Waals surface area contributed by atoms with Gasteiger partial charge in [0.1, 0.15) is 0 Å². The quantitative estimate of drug-likeness (QED) is 0.172. The van der Waals surface area contributed by atoms with Gasteiger partial charge >= 0.3 is 0 Å². The molecule has 3 aromatic heterocycles. The Kier molecular flexibility index (Phi) is 9.23. The molecule has 0 amide bonds. The summed E-state index contributed by atoms with van der Waals surface area (Å²) in [7, 11) is -1.25. The molecule has 0 fully saturated rings. The van der Waals surface area contributed by atoms with Crippen LogP contribution >= 0.6 is 57.7 Å². The number of thiophene rings is 1. The van der Waals surface area contributed by atoms with E-state index in [4.69, 9.17) is 46.4 Å². The van der Waals surface area contributed by atoms with Gasteiger partial charge < -0.3 is 0 Å². The molecule has 0 aliphatic heterocycles. The Bertz CT molecular complexity index is 2160. The third kappa shape index (κ3) is 6.35. The first-order chi connectivity index (χ1) is 21.3. The van der Waals surface area contributed by atoms with Crippen LogP contribution < -0.4 is 0 Å². The minimum absolute atomic E-state index is 0.133. The topological polar surface area (TPSA) is 68.6 Å². The Hall–Kier alpha value is -3.43. The number of rotatable bonds is 4. The van der Waals surface area contributed by atoms with Crippen molar-refractivity contribution >= 4 is 88.8 Å². The van der Waals surface area contributed by atoms with Crippen LogP contribution in [0.5, 0.6) is 0 Å². The molecule has 0 bridgehead atoms. The Morgan fingerprint density at radius 2 is 1.23 bits per heavy atom. The third-order valence-corrected chi connectivity index (χ3v) is 10.1. The van der Waals surface area contributed by atoms with E-state index in [1.54, 1.807) is 29.7 Å². The average Bonchev–Trinajstić information content (AvgIpc) is 3.41. The van der Waals surface area contributed by atoms with Crippen molar-refractivity contribution in [2.45, 2.75) is 4.90 Å². The lowest BCUT2D eigenvalue weighted by Crippen LogP contribution is -1.97. The van der Waals surface area contributed by atoms with Crippen LogP contribution in [0.1, 0.15) is 0 Å². The fraction of sp³-hybridized carbons (Fsp3) is 0.0303. The summed E-state index contributed by atoms with van der Waals surface area (Å²) in [6.45, 7) is 0. The van der Waals surface area contributed by atoms with Gasteiger partial charge in [-0.3, -0.25) is 4.21 Å². The number of fused-ring (bicyclic) bond motifs is 3. The van der Waals surface area contributed by atoms with Crippen molar-refractivity contribution in [2.24, 2.45) is 0 Å². The van der Waals surface area contributed by atoms with Crippen LogP contribution in [0.3, 0.4) is 0 Å². The van der Waals surface area contributed by atoms with E-state index < -0.39 is 10.8 Å². The largest absolute Gasteiger partial charge is 0.255 e. The Morgan fingerprint density at radius 3 is 1.93 bits per heavy atom. The highest BCUT2D eigenvalue weighted by molar-refractivity contribution is 7.84. The summed E-state index contributed by atoms with van der Waals surface area (Å²) in [6.07, 6.45) is 1.59. The van der Waals surface area contributed by atoms with Crippen molar-refractivity contribution in [3.05, 3.63) is 124 Å². The third-order valence-electron chi connectivity index (χ3n) is 6.61. The molecule has 1 atom stereocenters. The highest BCUT2D eigenvalue weighted by atomic mass is 35.5. The van der Waals surface area contributed by atoms with E-state index in [0.717, 1.165) is 42.1 Å². The minimum Gasteiger partial charge on any atom is -0.255 e. The van der Waals surface area contributed by atoms with Crippen LogP contribution in [0.15, 0.2) is 108 Å². The molecule has 0 N–H and O–H groups in total. The fourth-order valence-corrected chi connectivity index (χ4v) is 7.83. The summed E-state index contributed by atoms with van der Waals surface area (Å²) < 4.78 is 14.1. The van der Waals surface area contributed by atoms with E-state index >= 15 is 0 Å². The molecule has 0 spiro atoms. The standard InChI is InChI=1S/C17H12Cl2N2OS.C16H8Cl2N2S/c1-23(22)16-12(8-5-9-13(16)18)15-10-14(20-17(19)21-15)11-6-3-2-4-7-11;17-11-8-4-7-10-13-15(21-14(10)11)12(19-16(18)20-13)9-5-2-1-3-6-9/h2-10H,1H3;1-8H. The Balaban J connectivity index is 0.000000156. The van der Waals surface area contributed by atoms with Crippen LogP contribution in [0.4, 0.5) is 0 Å². The zero-order chi connectivity index (χ0) is 30.8. The molecule has 0 aliphatic carbocycles. The average molecular weight is 694 g/mol. The fourth-order valence-electron chi connectivity index (χ4n) is 4.71. The summed E-state index contributed by atoms with van der Waals surface area (Å²) in [5, 5.41) is 2.57. The van der Waals surface area contributed by atoms with Crippen LogP contribution in [0.2, 0.25) is 20.6 Å². The molecule has 5 nitrogen and oxygen atoms in total. The zero-order valence-corrected chi connectivity index (χ0v) is 27.5. The molecular formula is C33H20Cl4N4OS2. The minimum atomic E-state index is -1.25. The molecule has 11 heteroatoms. The molecule has 1 unspecified atom stereocenters. The first-order valence-corrected chi connectivity index (χ1v) is 17.0. The second kappa shape index (κ2) is 13.3. The Morgan fingerprint density at radius 1 is 0.614 bits per heavy atom. The smallest absolute Gasteiger partial charge is 0.223 e. The molecule has 218 valence electrons. The summed E-state index contributed by atoms with van der Waals surface area (Å²) in [6, 6.07) is 32.6. The van der Waals surface area contributed by atoms with Gasteiger partial charge in [-0.1, -0.05) is 108 Å². The molecule has 0 saturated carbocycles. The molecule has 0 radical (unpaired) electrons. The number of nitrogens with zero attached hydrogens (tertiary/aromatic N) is 4. The predicted molar refractivity (Wildman–Crippen MR) is 186 cm³/mol. The molecule has 44 heavy (non-hydrogen) atoms. The van der Waals surface area contributed by atoms with E-state index in [-0.39, 0.29) is 10.6 Å². The number of halogens is 4. The molecule has 3 heterocycles. The molecule has 7 aromatic rings. The molecular weight excluding hydrogens is 674 g/mol. The van der Waals surface area contributed by atoms with E-state index in [1.165, 1.54) is 0 Å². The van der Waals surface area contributed by atoms with Crippen molar-refractivity contribution in [3.63, 3.8) is 0 Å². The second-order valence-corrected chi connectivity index (χ2v) is 13.3. The van der Waals surface area contributed by atoms with Crippen LogP contribution in [-0.4, -0.2) is 30.4 Å². The van der Waals surface area contributed by atoms with Crippen molar-refractivity contribution < 1.29 is 4.21 Å². The molecule has 7 rings (SSSR count). The van der Waals surface area contributed by atoms with Crippen LogP contribution in [-0.2, 0) is 10.8 Å². The van der Waals surface area contributed by atoms with E-state index in [0.29, 0.717) is 26.9 Å². The van der Waals surface area contributed by atoms with Gasteiger partial charge in [-0.15, -0.1) is 11.3 Å². The summed E-state index contributed by atoms with van der Waals surface area (Å²) in [4.78, 5) is 17.9. The van der Waals surface area contributed by atoms with E-state index in [9.17, 15) is 4.21 Å². The number of hydrogen-bond donors (Lipinski definition) is 0. The van der Waals surface area contributed by atoms with Gasteiger partial charge in [0.05, 0.1) is 57.7 Å². The number of benzene rings is 4. The highest BCUT2D eigenvalue weighted by Crippen LogP contribution is 2.41. The van der Waals surface area contributed by atoms with Crippen molar-refractivity contribution in [1.29, 1.82) is 0 Å². The van der Waals surface area contributed by atoms with Crippen molar-refractivity contribution in [3.8, 4) is 33.8 Å². The number of aromatic nitrogens is 4. The summed E-state index contributed by atoms with van der Waals surface area (Å²) in [5.74, 6) is 0. The van der Waals surface area contributed by atoms with Crippen molar-refractivity contribution in [2.75, 3.05) is 6.26 Å². The summed E-state index contributed by atoms with van der Waals surface area (Å²) >= 11 is 26.3. The van der Waals surface area contributed by atoms with Gasteiger partial charge in [0.2, 0.25) is 10.6 Å². The van der Waals surface area contributed by atoms with Gasteiger partial charge in [0, 0.05) is 28.3 Å². The first-order valence-electron chi connectivity index (χ1n) is 13.1. The van der Waals surface area contributed by atoms with Crippen LogP contribution in [0, 0.1) is 0 Å². The maximum atomic E-state index is 12.1. The van der Waals surface area contributed by atoms with E-state index in [2.05, 4.69) is 19.9 Å². The molecule has 0 saturated heterocycles. The predicted octanol–water partition coefficient (Wildman–Crippen LogP) is 10.7. The van der Waals surface area contributed by atoms with Gasteiger partial charge in [0.15, 0.2) is 0 Å². The SMILES string of the molecule is CS(=O)c1c(Cl)cccc1-c1cc(-c2ccccc2)nc(Cl)n1.Clc1nc(-c2ccccc2)c2sc3c(Cl)cccc3c2n1. The highest BCUT2D eigenvalue weighted by Gasteiger charge is 2.17.